The Morgan fingerprint density at radius 3 is 2.36 bits per heavy atom. The summed E-state index contributed by atoms with van der Waals surface area (Å²) in [6.07, 6.45) is 2.91. The van der Waals surface area contributed by atoms with Crippen molar-refractivity contribution < 1.29 is 4.79 Å². The Morgan fingerprint density at radius 1 is 1.14 bits per heavy atom. The second kappa shape index (κ2) is 7.42. The summed E-state index contributed by atoms with van der Waals surface area (Å²) >= 11 is 11.9. The predicted octanol–water partition coefficient (Wildman–Crippen LogP) is 3.91. The number of benzene rings is 1. The van der Waals surface area contributed by atoms with Crippen molar-refractivity contribution in [2.75, 3.05) is 11.9 Å². The van der Waals surface area contributed by atoms with Crippen molar-refractivity contribution in [2.24, 2.45) is 5.92 Å². The van der Waals surface area contributed by atoms with Crippen LogP contribution in [-0.2, 0) is 0 Å². The first kappa shape index (κ1) is 16.5. The molecule has 1 heterocycles. The Kier molecular flexibility index (Phi) is 5.57. The van der Waals surface area contributed by atoms with Crippen LogP contribution in [0, 0.1) is 5.92 Å². The number of carbonyl (C=O) groups excluding carboxylic acids is 1. The van der Waals surface area contributed by atoms with Crippen molar-refractivity contribution in [1.82, 2.24) is 15.3 Å². The highest BCUT2D eigenvalue weighted by molar-refractivity contribution is 6.35. The number of nitrogens with zero attached hydrogens (tertiary/aromatic N) is 2. The summed E-state index contributed by atoms with van der Waals surface area (Å²) in [6, 6.07) is 5.08. The number of carbonyl (C=O) groups is 1. The molecule has 116 valence electrons. The number of anilines is 2. The average Bonchev–Trinajstić information content (AvgIpc) is 2.44. The molecule has 0 atom stereocenters. The molecular weight excluding hydrogens is 323 g/mol. The van der Waals surface area contributed by atoms with E-state index in [-0.39, 0.29) is 11.6 Å². The van der Waals surface area contributed by atoms with Gasteiger partial charge in [0.1, 0.15) is 11.5 Å². The van der Waals surface area contributed by atoms with Crippen LogP contribution in [0.3, 0.4) is 0 Å². The zero-order valence-electron chi connectivity index (χ0n) is 12.2. The number of hydrogen-bond donors (Lipinski definition) is 2. The zero-order chi connectivity index (χ0) is 16.1. The monoisotopic (exact) mass is 338 g/mol. The summed E-state index contributed by atoms with van der Waals surface area (Å²) in [6.45, 7) is 4.64. The minimum Gasteiger partial charge on any atom is -0.350 e. The van der Waals surface area contributed by atoms with Gasteiger partial charge in [0, 0.05) is 22.3 Å². The molecule has 5 nitrogen and oxygen atoms in total. The Balaban J connectivity index is 2.04. The summed E-state index contributed by atoms with van der Waals surface area (Å²) in [5.41, 5.74) is 0.971. The van der Waals surface area contributed by atoms with Crippen LogP contribution >= 0.6 is 23.2 Å². The van der Waals surface area contributed by atoms with E-state index in [4.69, 9.17) is 23.2 Å². The van der Waals surface area contributed by atoms with E-state index in [9.17, 15) is 4.79 Å². The molecule has 0 saturated carbocycles. The van der Waals surface area contributed by atoms with Crippen LogP contribution < -0.4 is 10.6 Å². The average molecular weight is 339 g/mol. The van der Waals surface area contributed by atoms with E-state index in [0.29, 0.717) is 34.0 Å². The fourth-order valence-electron chi connectivity index (χ4n) is 1.67. The van der Waals surface area contributed by atoms with Gasteiger partial charge < -0.3 is 10.6 Å². The number of amides is 1. The molecule has 0 fully saturated rings. The summed E-state index contributed by atoms with van der Waals surface area (Å²) in [5, 5.41) is 6.86. The van der Waals surface area contributed by atoms with Crippen LogP contribution in [0.5, 0.6) is 0 Å². The van der Waals surface area contributed by atoms with E-state index in [0.717, 1.165) is 0 Å². The third kappa shape index (κ3) is 4.86. The highest BCUT2D eigenvalue weighted by atomic mass is 35.5. The molecule has 0 spiro atoms. The fourth-order valence-corrected chi connectivity index (χ4v) is 2.20. The molecular formula is C15H16Cl2N4O. The van der Waals surface area contributed by atoms with Crippen molar-refractivity contribution in [2.45, 2.75) is 13.8 Å². The molecule has 0 aliphatic rings. The van der Waals surface area contributed by atoms with E-state index in [1.165, 1.54) is 12.4 Å². The first-order valence-electron chi connectivity index (χ1n) is 6.77. The summed E-state index contributed by atoms with van der Waals surface area (Å²) < 4.78 is 0. The normalized spacial score (nSPS) is 10.6. The van der Waals surface area contributed by atoms with Crippen molar-refractivity contribution in [3.63, 3.8) is 0 Å². The van der Waals surface area contributed by atoms with Crippen LogP contribution in [0.2, 0.25) is 10.0 Å². The van der Waals surface area contributed by atoms with Crippen LogP contribution in [0.1, 0.15) is 24.3 Å². The molecule has 2 rings (SSSR count). The van der Waals surface area contributed by atoms with E-state index >= 15 is 0 Å². The quantitative estimate of drug-likeness (QED) is 0.867. The van der Waals surface area contributed by atoms with Crippen molar-refractivity contribution in [1.29, 1.82) is 0 Å². The standard InChI is InChI=1S/C15H16Cl2N4O/c1-9(2)6-20-15(22)13-7-19-14(8-18-13)21-12-4-10(16)3-11(17)5-12/h3-5,7-9H,6H2,1-2H3,(H,19,21)(H,20,22). The van der Waals surface area contributed by atoms with Crippen LogP contribution in [-0.4, -0.2) is 22.4 Å². The smallest absolute Gasteiger partial charge is 0.271 e. The molecule has 7 heteroatoms. The molecule has 1 amide bonds. The maximum atomic E-state index is 11.8. The van der Waals surface area contributed by atoms with E-state index in [1.54, 1.807) is 18.2 Å². The van der Waals surface area contributed by atoms with Gasteiger partial charge in [-0.3, -0.25) is 4.79 Å². The number of nitrogens with one attached hydrogen (secondary N) is 2. The Morgan fingerprint density at radius 2 is 1.82 bits per heavy atom. The number of halogens is 2. The molecule has 0 bridgehead atoms. The minimum absolute atomic E-state index is 0.237. The molecule has 22 heavy (non-hydrogen) atoms. The Hall–Kier alpha value is -1.85. The second-order valence-electron chi connectivity index (χ2n) is 5.17. The SMILES string of the molecule is CC(C)CNC(=O)c1cnc(Nc2cc(Cl)cc(Cl)c2)cn1. The van der Waals surface area contributed by atoms with Gasteiger partial charge >= 0.3 is 0 Å². The molecule has 1 aromatic heterocycles. The van der Waals surface area contributed by atoms with Gasteiger partial charge in [-0.2, -0.15) is 0 Å². The minimum atomic E-state index is -0.237. The molecule has 0 aliphatic heterocycles. The first-order chi connectivity index (χ1) is 10.4. The second-order valence-corrected chi connectivity index (χ2v) is 6.05. The van der Waals surface area contributed by atoms with Gasteiger partial charge in [0.05, 0.1) is 12.4 Å². The molecule has 2 N–H and O–H groups in total. The van der Waals surface area contributed by atoms with Gasteiger partial charge in [-0.1, -0.05) is 37.0 Å². The first-order valence-corrected chi connectivity index (χ1v) is 7.53. The largest absolute Gasteiger partial charge is 0.350 e. The lowest BCUT2D eigenvalue weighted by Gasteiger charge is -2.08. The van der Waals surface area contributed by atoms with E-state index in [2.05, 4.69) is 20.6 Å². The Labute approximate surface area is 139 Å². The highest BCUT2D eigenvalue weighted by Crippen LogP contribution is 2.24. The maximum Gasteiger partial charge on any atom is 0.271 e. The molecule has 0 aliphatic carbocycles. The van der Waals surface area contributed by atoms with Gasteiger partial charge in [0.25, 0.3) is 5.91 Å². The summed E-state index contributed by atoms with van der Waals surface area (Å²) in [5.74, 6) is 0.641. The third-order valence-electron chi connectivity index (χ3n) is 2.69. The third-order valence-corrected chi connectivity index (χ3v) is 3.13. The zero-order valence-corrected chi connectivity index (χ0v) is 13.7. The number of hydrogen-bond acceptors (Lipinski definition) is 4. The van der Waals surface area contributed by atoms with E-state index in [1.807, 2.05) is 13.8 Å². The van der Waals surface area contributed by atoms with Gasteiger partial charge in [-0.25, -0.2) is 9.97 Å². The van der Waals surface area contributed by atoms with Crippen LogP contribution in [0.4, 0.5) is 11.5 Å². The van der Waals surface area contributed by atoms with Gasteiger partial charge in [0.2, 0.25) is 0 Å². The summed E-state index contributed by atoms with van der Waals surface area (Å²) in [7, 11) is 0. The number of rotatable bonds is 5. The van der Waals surface area contributed by atoms with E-state index < -0.39 is 0 Å². The molecule has 0 radical (unpaired) electrons. The predicted molar refractivity (Wildman–Crippen MR) is 88.9 cm³/mol. The van der Waals surface area contributed by atoms with Gasteiger partial charge in [-0.15, -0.1) is 0 Å². The lowest BCUT2D eigenvalue weighted by atomic mass is 10.2. The number of aromatic nitrogens is 2. The molecule has 2 aromatic rings. The lowest BCUT2D eigenvalue weighted by Crippen LogP contribution is -2.28. The molecule has 1 aromatic carbocycles. The fraction of sp³-hybridized carbons (Fsp3) is 0.267. The molecule has 0 saturated heterocycles. The van der Waals surface area contributed by atoms with Crippen molar-refractivity contribution in [3.8, 4) is 0 Å². The van der Waals surface area contributed by atoms with Crippen LogP contribution in [0.25, 0.3) is 0 Å². The van der Waals surface area contributed by atoms with Crippen molar-refractivity contribution in [3.05, 3.63) is 46.3 Å². The summed E-state index contributed by atoms with van der Waals surface area (Å²) in [4.78, 5) is 20.1. The van der Waals surface area contributed by atoms with Gasteiger partial charge in [-0.05, 0) is 24.1 Å². The van der Waals surface area contributed by atoms with Crippen molar-refractivity contribution >= 4 is 40.6 Å². The van der Waals surface area contributed by atoms with Crippen LogP contribution in [0.15, 0.2) is 30.6 Å². The highest BCUT2D eigenvalue weighted by Gasteiger charge is 2.08. The van der Waals surface area contributed by atoms with Gasteiger partial charge in [0.15, 0.2) is 0 Å². The maximum absolute atomic E-state index is 11.8. The molecule has 0 unspecified atom stereocenters. The Bertz CT molecular complexity index is 639. The lowest BCUT2D eigenvalue weighted by molar-refractivity contribution is 0.0943. The topological polar surface area (TPSA) is 66.9 Å².